The first-order valence-electron chi connectivity index (χ1n) is 2.63. The van der Waals surface area contributed by atoms with E-state index in [1.165, 1.54) is 7.05 Å². The number of nitrogens with zero attached hydrogens (tertiary/aromatic N) is 1. The molecular formula is C5H7F2NO. The number of amides is 1. The minimum Gasteiger partial charge on any atom is -0.340 e. The Morgan fingerprint density at radius 3 is 2.33 bits per heavy atom. The molecule has 2 nitrogen and oxygen atoms in total. The summed E-state index contributed by atoms with van der Waals surface area (Å²) in [5, 5.41) is 0. The van der Waals surface area contributed by atoms with Gasteiger partial charge in [-0.2, -0.15) is 0 Å². The van der Waals surface area contributed by atoms with E-state index in [9.17, 15) is 13.6 Å². The second-order valence-electron chi connectivity index (χ2n) is 2.28. The maximum Gasteiger partial charge on any atom is 0.274 e. The molecule has 1 aliphatic heterocycles. The number of hydrogen-bond donors (Lipinski definition) is 0. The first-order chi connectivity index (χ1) is 4.01. The van der Waals surface area contributed by atoms with Crippen molar-refractivity contribution >= 4 is 5.91 Å². The Morgan fingerprint density at radius 2 is 2.22 bits per heavy atom. The number of rotatable bonds is 0. The van der Waals surface area contributed by atoms with E-state index in [4.69, 9.17) is 0 Å². The average molecular weight is 135 g/mol. The molecule has 1 saturated heterocycles. The lowest BCUT2D eigenvalue weighted by Crippen LogP contribution is -2.22. The molecule has 0 aromatic carbocycles. The van der Waals surface area contributed by atoms with Crippen LogP contribution in [0.5, 0.6) is 0 Å². The van der Waals surface area contributed by atoms with Crippen LogP contribution in [0.1, 0.15) is 6.42 Å². The van der Waals surface area contributed by atoms with E-state index in [1.807, 2.05) is 0 Å². The summed E-state index contributed by atoms with van der Waals surface area (Å²) < 4.78 is 24.4. The molecule has 0 aromatic heterocycles. The van der Waals surface area contributed by atoms with Crippen LogP contribution in [0.3, 0.4) is 0 Å². The van der Waals surface area contributed by atoms with Crippen molar-refractivity contribution in [3.63, 3.8) is 0 Å². The van der Waals surface area contributed by atoms with E-state index in [1.54, 1.807) is 0 Å². The zero-order valence-electron chi connectivity index (χ0n) is 5.03. The summed E-state index contributed by atoms with van der Waals surface area (Å²) in [4.78, 5) is 11.5. The fourth-order valence-electron chi connectivity index (χ4n) is 0.847. The third-order valence-corrected chi connectivity index (χ3v) is 1.30. The lowest BCUT2D eigenvalue weighted by molar-refractivity contribution is -0.127. The number of carbonyl (C=O) groups is 1. The normalized spacial score (nSPS) is 25.2. The molecule has 0 unspecified atom stereocenters. The summed E-state index contributed by atoms with van der Waals surface area (Å²) in [6, 6.07) is 0. The first kappa shape index (κ1) is 6.45. The summed E-state index contributed by atoms with van der Waals surface area (Å²) >= 11 is 0. The van der Waals surface area contributed by atoms with E-state index in [-0.39, 0.29) is 0 Å². The predicted molar refractivity (Wildman–Crippen MR) is 27.2 cm³/mol. The molecule has 0 N–H and O–H groups in total. The molecule has 0 bridgehead atoms. The number of halogens is 2. The molecule has 0 atom stereocenters. The second-order valence-corrected chi connectivity index (χ2v) is 2.28. The van der Waals surface area contributed by atoms with Crippen molar-refractivity contribution in [3.8, 4) is 0 Å². The van der Waals surface area contributed by atoms with Crippen molar-refractivity contribution in [2.24, 2.45) is 0 Å². The number of hydrogen-bond acceptors (Lipinski definition) is 1. The van der Waals surface area contributed by atoms with E-state index < -0.39 is 24.8 Å². The van der Waals surface area contributed by atoms with Crippen LogP contribution in [0.4, 0.5) is 8.78 Å². The number of carbonyl (C=O) groups excluding carboxylic acids is 1. The summed E-state index contributed by atoms with van der Waals surface area (Å²) in [5.74, 6) is -3.26. The lowest BCUT2D eigenvalue weighted by atomic mass is 10.3. The minimum absolute atomic E-state index is 0.425. The van der Waals surface area contributed by atoms with Gasteiger partial charge in [-0.05, 0) is 0 Å². The molecule has 0 spiro atoms. The molecule has 4 heteroatoms. The third kappa shape index (κ3) is 1.17. The van der Waals surface area contributed by atoms with Gasteiger partial charge in [0, 0.05) is 7.05 Å². The van der Waals surface area contributed by atoms with Gasteiger partial charge in [0.25, 0.3) is 5.92 Å². The topological polar surface area (TPSA) is 20.3 Å². The maximum atomic E-state index is 12.2. The van der Waals surface area contributed by atoms with Gasteiger partial charge >= 0.3 is 0 Å². The van der Waals surface area contributed by atoms with Crippen LogP contribution in [0.25, 0.3) is 0 Å². The molecule has 1 fully saturated rings. The smallest absolute Gasteiger partial charge is 0.274 e. The molecule has 1 heterocycles. The fourth-order valence-corrected chi connectivity index (χ4v) is 0.847. The Bertz CT molecular complexity index is 146. The Labute approximate surface area is 51.4 Å². The van der Waals surface area contributed by atoms with Crippen LogP contribution in [-0.2, 0) is 4.79 Å². The Morgan fingerprint density at radius 1 is 1.67 bits per heavy atom. The quantitative estimate of drug-likeness (QED) is 0.473. The van der Waals surface area contributed by atoms with Crippen molar-refractivity contribution < 1.29 is 13.6 Å². The van der Waals surface area contributed by atoms with Crippen LogP contribution >= 0.6 is 0 Å². The average Bonchev–Trinajstić information content (AvgIpc) is 1.79. The van der Waals surface area contributed by atoms with Crippen LogP contribution < -0.4 is 0 Å². The standard InChI is InChI=1S/C5H7F2NO/c1-8-3-5(6,7)2-4(8)9/h2-3H2,1H3. The molecule has 52 valence electrons. The molecule has 0 radical (unpaired) electrons. The summed E-state index contributed by atoms with van der Waals surface area (Å²) in [5.41, 5.74) is 0. The molecule has 1 aliphatic rings. The summed E-state index contributed by atoms with van der Waals surface area (Å²) in [6.07, 6.45) is -0.622. The van der Waals surface area contributed by atoms with E-state index >= 15 is 0 Å². The van der Waals surface area contributed by atoms with Gasteiger partial charge in [0.15, 0.2) is 0 Å². The highest BCUT2D eigenvalue weighted by atomic mass is 19.3. The van der Waals surface area contributed by atoms with Crippen molar-refractivity contribution in [1.82, 2.24) is 4.90 Å². The van der Waals surface area contributed by atoms with E-state index in [0.717, 1.165) is 4.90 Å². The van der Waals surface area contributed by atoms with Crippen molar-refractivity contribution in [2.75, 3.05) is 13.6 Å². The van der Waals surface area contributed by atoms with Gasteiger partial charge in [0.2, 0.25) is 5.91 Å². The zero-order chi connectivity index (χ0) is 7.07. The highest BCUT2D eigenvalue weighted by Crippen LogP contribution is 2.26. The van der Waals surface area contributed by atoms with Crippen LogP contribution in [0.15, 0.2) is 0 Å². The molecule has 0 aliphatic carbocycles. The monoisotopic (exact) mass is 135 g/mol. The van der Waals surface area contributed by atoms with Gasteiger partial charge in [-0.1, -0.05) is 0 Å². The van der Waals surface area contributed by atoms with E-state index in [0.29, 0.717) is 0 Å². The lowest BCUT2D eigenvalue weighted by Gasteiger charge is -2.07. The molecule has 1 rings (SSSR count). The van der Waals surface area contributed by atoms with Gasteiger partial charge in [-0.15, -0.1) is 0 Å². The van der Waals surface area contributed by atoms with Gasteiger partial charge in [-0.25, -0.2) is 8.78 Å². The van der Waals surface area contributed by atoms with Crippen LogP contribution in [0, 0.1) is 0 Å². The van der Waals surface area contributed by atoms with Crippen molar-refractivity contribution in [3.05, 3.63) is 0 Å². The van der Waals surface area contributed by atoms with Gasteiger partial charge in [0.1, 0.15) is 0 Å². The first-order valence-corrected chi connectivity index (χ1v) is 2.63. The van der Waals surface area contributed by atoms with Crippen LogP contribution in [0.2, 0.25) is 0 Å². The number of likely N-dealkylation sites (tertiary alicyclic amines) is 1. The highest BCUT2D eigenvalue weighted by Gasteiger charge is 2.42. The highest BCUT2D eigenvalue weighted by molar-refractivity contribution is 5.79. The van der Waals surface area contributed by atoms with Gasteiger partial charge in [0.05, 0.1) is 13.0 Å². The van der Waals surface area contributed by atoms with Crippen LogP contribution in [-0.4, -0.2) is 30.3 Å². The van der Waals surface area contributed by atoms with E-state index in [2.05, 4.69) is 0 Å². The Kier molecular flexibility index (Phi) is 1.18. The number of alkyl halides is 2. The molecule has 1 amide bonds. The van der Waals surface area contributed by atoms with Gasteiger partial charge < -0.3 is 4.90 Å². The predicted octanol–water partition coefficient (Wildman–Crippen LogP) is 0.484. The molecule has 9 heavy (non-hydrogen) atoms. The third-order valence-electron chi connectivity index (χ3n) is 1.30. The fraction of sp³-hybridized carbons (Fsp3) is 0.800. The second kappa shape index (κ2) is 1.65. The summed E-state index contributed by atoms with van der Waals surface area (Å²) in [6.45, 7) is -0.425. The Hall–Kier alpha value is -0.670. The molecular weight excluding hydrogens is 128 g/mol. The zero-order valence-corrected chi connectivity index (χ0v) is 5.03. The van der Waals surface area contributed by atoms with Crippen molar-refractivity contribution in [1.29, 1.82) is 0 Å². The van der Waals surface area contributed by atoms with Crippen molar-refractivity contribution in [2.45, 2.75) is 12.3 Å². The molecule has 0 aromatic rings. The molecule has 0 saturated carbocycles. The minimum atomic E-state index is -2.79. The Balaban J connectivity index is 2.65. The maximum absolute atomic E-state index is 12.2. The largest absolute Gasteiger partial charge is 0.340 e. The van der Waals surface area contributed by atoms with Gasteiger partial charge in [-0.3, -0.25) is 4.79 Å². The SMILES string of the molecule is CN1CC(F)(F)CC1=O. The summed E-state index contributed by atoms with van der Waals surface area (Å²) in [7, 11) is 1.38.